The van der Waals surface area contributed by atoms with Gasteiger partial charge in [0.15, 0.2) is 5.69 Å². The minimum atomic E-state index is -3.27. The van der Waals surface area contributed by atoms with Crippen molar-refractivity contribution in [1.82, 2.24) is 19.4 Å². The minimum Gasteiger partial charge on any atom is -0.333 e. The Morgan fingerprint density at radius 3 is 2.52 bits per heavy atom. The van der Waals surface area contributed by atoms with Crippen LogP contribution in [0.4, 0.5) is 0 Å². The van der Waals surface area contributed by atoms with Gasteiger partial charge in [-0.2, -0.15) is 5.10 Å². The normalized spacial score (nSPS) is 14.5. The third-order valence-electron chi connectivity index (χ3n) is 4.51. The van der Waals surface area contributed by atoms with Gasteiger partial charge in [0.1, 0.15) is 0 Å². The zero-order valence-electron chi connectivity index (χ0n) is 15.9. The third kappa shape index (κ3) is 4.95. The average Bonchev–Trinajstić information content (AvgIpc) is 3.34. The molecule has 1 fully saturated rings. The maximum absolute atomic E-state index is 13.1. The Balaban J connectivity index is 1.84. The highest BCUT2D eigenvalue weighted by molar-refractivity contribution is 7.88. The van der Waals surface area contributed by atoms with Gasteiger partial charge < -0.3 is 4.90 Å². The van der Waals surface area contributed by atoms with Crippen LogP contribution >= 0.6 is 0 Å². The quantitative estimate of drug-likeness (QED) is 0.748. The summed E-state index contributed by atoms with van der Waals surface area (Å²) in [5.41, 5.74) is 2.28. The summed E-state index contributed by atoms with van der Waals surface area (Å²) in [7, 11) is -3.27. The Morgan fingerprint density at radius 1 is 1.30 bits per heavy atom. The number of hydrogen-bond acceptors (Lipinski definition) is 4. The third-order valence-corrected chi connectivity index (χ3v) is 5.24. The molecule has 0 aliphatic heterocycles. The second-order valence-electron chi connectivity index (χ2n) is 7.25. The van der Waals surface area contributed by atoms with Crippen molar-refractivity contribution in [3.63, 3.8) is 0 Å². The number of aromatic nitrogens is 2. The summed E-state index contributed by atoms with van der Waals surface area (Å²) in [6, 6.07) is 11.8. The molecule has 0 bridgehead atoms. The fourth-order valence-electron chi connectivity index (χ4n) is 3.02. The van der Waals surface area contributed by atoms with Crippen LogP contribution in [0.2, 0.25) is 0 Å². The Morgan fingerprint density at radius 2 is 1.96 bits per heavy atom. The topological polar surface area (TPSA) is 84.3 Å². The second-order valence-corrected chi connectivity index (χ2v) is 9.09. The first-order chi connectivity index (χ1) is 12.8. The summed E-state index contributed by atoms with van der Waals surface area (Å²) in [5, 5.41) is 4.58. The number of carbonyl (C=O) groups excluding carboxylic acids is 1. The predicted octanol–water partition coefficient (Wildman–Crippen LogP) is 2.15. The van der Waals surface area contributed by atoms with E-state index in [-0.39, 0.29) is 24.4 Å². The van der Waals surface area contributed by atoms with Crippen LogP contribution in [0.25, 0.3) is 5.69 Å². The first-order valence-electron chi connectivity index (χ1n) is 9.17. The largest absolute Gasteiger partial charge is 0.333 e. The van der Waals surface area contributed by atoms with Crippen LogP contribution in [0.3, 0.4) is 0 Å². The molecule has 1 aliphatic carbocycles. The molecule has 1 aromatic carbocycles. The fourth-order valence-corrected chi connectivity index (χ4v) is 3.48. The van der Waals surface area contributed by atoms with Gasteiger partial charge in [-0.15, -0.1) is 0 Å². The van der Waals surface area contributed by atoms with E-state index in [2.05, 4.69) is 23.7 Å². The van der Waals surface area contributed by atoms with Gasteiger partial charge in [0.25, 0.3) is 5.91 Å². The molecular weight excluding hydrogens is 364 g/mol. The van der Waals surface area contributed by atoms with Gasteiger partial charge in [0, 0.05) is 24.8 Å². The first-order valence-corrected chi connectivity index (χ1v) is 11.1. The molecule has 0 spiro atoms. The molecule has 1 heterocycles. The van der Waals surface area contributed by atoms with Gasteiger partial charge in [0.2, 0.25) is 10.0 Å². The number of carbonyl (C=O) groups is 1. The lowest BCUT2D eigenvalue weighted by molar-refractivity contribution is 0.0740. The predicted molar refractivity (Wildman–Crippen MR) is 105 cm³/mol. The van der Waals surface area contributed by atoms with E-state index in [0.29, 0.717) is 12.2 Å². The summed E-state index contributed by atoms with van der Waals surface area (Å²) in [6.07, 6.45) is 3.01. The SMILES string of the molecule is CC(C)c1cc(C(=O)N(CCNS(C)(=O)=O)C2CC2)nn1-c1ccccc1. The van der Waals surface area contributed by atoms with Crippen LogP contribution in [0.1, 0.15) is 48.8 Å². The molecule has 2 aromatic rings. The van der Waals surface area contributed by atoms with E-state index in [9.17, 15) is 13.2 Å². The van der Waals surface area contributed by atoms with Gasteiger partial charge in [0.05, 0.1) is 11.9 Å². The molecule has 7 nitrogen and oxygen atoms in total. The summed E-state index contributed by atoms with van der Waals surface area (Å²) < 4.78 is 26.8. The first kappa shape index (κ1) is 19.6. The van der Waals surface area contributed by atoms with Crippen molar-refractivity contribution in [2.45, 2.75) is 38.6 Å². The number of rotatable bonds is 8. The number of nitrogens with one attached hydrogen (secondary N) is 1. The highest BCUT2D eigenvalue weighted by Gasteiger charge is 2.34. The molecule has 0 atom stereocenters. The Kier molecular flexibility index (Phi) is 5.67. The number of benzene rings is 1. The lowest BCUT2D eigenvalue weighted by Crippen LogP contribution is -2.39. The molecule has 1 N–H and O–H groups in total. The standard InChI is InChI=1S/C19H26N4O3S/c1-14(2)18-13-17(21-23(18)16-7-5-4-6-8-16)19(24)22(15-9-10-15)12-11-20-27(3,25)26/h4-8,13-15,20H,9-12H2,1-3H3. The number of nitrogens with zero attached hydrogens (tertiary/aromatic N) is 3. The molecule has 0 unspecified atom stereocenters. The molecule has 0 saturated heterocycles. The molecule has 146 valence electrons. The minimum absolute atomic E-state index is 0.149. The van der Waals surface area contributed by atoms with Crippen molar-refractivity contribution in [1.29, 1.82) is 0 Å². The van der Waals surface area contributed by atoms with E-state index in [1.807, 2.05) is 41.1 Å². The number of para-hydroxylation sites is 1. The van der Waals surface area contributed by atoms with E-state index < -0.39 is 10.0 Å². The maximum Gasteiger partial charge on any atom is 0.274 e. The van der Waals surface area contributed by atoms with Gasteiger partial charge in [-0.05, 0) is 37.0 Å². The van der Waals surface area contributed by atoms with Gasteiger partial charge in [-0.1, -0.05) is 32.0 Å². The van der Waals surface area contributed by atoms with Gasteiger partial charge in [-0.25, -0.2) is 17.8 Å². The van der Waals surface area contributed by atoms with Crippen LogP contribution in [0.5, 0.6) is 0 Å². The fraction of sp³-hybridized carbons (Fsp3) is 0.474. The average molecular weight is 391 g/mol. The van der Waals surface area contributed by atoms with Crippen LogP contribution in [-0.2, 0) is 10.0 Å². The van der Waals surface area contributed by atoms with Crippen LogP contribution in [-0.4, -0.2) is 54.4 Å². The van der Waals surface area contributed by atoms with E-state index in [1.54, 1.807) is 4.90 Å². The van der Waals surface area contributed by atoms with Crippen LogP contribution in [0.15, 0.2) is 36.4 Å². The van der Waals surface area contributed by atoms with Gasteiger partial charge >= 0.3 is 0 Å². The van der Waals surface area contributed by atoms with E-state index in [4.69, 9.17) is 0 Å². The molecule has 1 amide bonds. The smallest absolute Gasteiger partial charge is 0.274 e. The van der Waals surface area contributed by atoms with Crippen molar-refractivity contribution in [2.24, 2.45) is 0 Å². The molecule has 8 heteroatoms. The lowest BCUT2D eigenvalue weighted by Gasteiger charge is -2.21. The highest BCUT2D eigenvalue weighted by Crippen LogP contribution is 2.29. The van der Waals surface area contributed by atoms with Crippen molar-refractivity contribution < 1.29 is 13.2 Å². The van der Waals surface area contributed by atoms with E-state index in [1.165, 1.54) is 0 Å². The van der Waals surface area contributed by atoms with Crippen molar-refractivity contribution in [2.75, 3.05) is 19.3 Å². The monoisotopic (exact) mass is 390 g/mol. The summed E-state index contributed by atoms with van der Waals surface area (Å²) in [5.74, 6) is 0.0601. The lowest BCUT2D eigenvalue weighted by atomic mass is 10.1. The maximum atomic E-state index is 13.1. The molecule has 0 radical (unpaired) electrons. The summed E-state index contributed by atoms with van der Waals surface area (Å²) >= 11 is 0. The second kappa shape index (κ2) is 7.82. The summed E-state index contributed by atoms with van der Waals surface area (Å²) in [6.45, 7) is 4.68. The van der Waals surface area contributed by atoms with Crippen molar-refractivity contribution >= 4 is 15.9 Å². The van der Waals surface area contributed by atoms with E-state index >= 15 is 0 Å². The zero-order chi connectivity index (χ0) is 19.6. The molecular formula is C19H26N4O3S. The van der Waals surface area contributed by atoms with Crippen molar-refractivity contribution in [3.8, 4) is 5.69 Å². The van der Waals surface area contributed by atoms with Crippen molar-refractivity contribution in [3.05, 3.63) is 47.8 Å². The Labute approximate surface area is 160 Å². The molecule has 1 aliphatic rings. The van der Waals surface area contributed by atoms with Crippen LogP contribution in [0, 0.1) is 0 Å². The molecule has 1 saturated carbocycles. The Hall–Kier alpha value is -2.19. The number of hydrogen-bond donors (Lipinski definition) is 1. The Bertz CT molecular complexity index is 902. The molecule has 3 rings (SSSR count). The summed E-state index contributed by atoms with van der Waals surface area (Å²) in [4.78, 5) is 14.8. The highest BCUT2D eigenvalue weighted by atomic mass is 32.2. The van der Waals surface area contributed by atoms with Crippen LogP contribution < -0.4 is 4.72 Å². The van der Waals surface area contributed by atoms with E-state index in [0.717, 1.165) is 30.5 Å². The number of sulfonamides is 1. The molecule has 1 aromatic heterocycles. The van der Waals surface area contributed by atoms with Gasteiger partial charge in [-0.3, -0.25) is 4.79 Å². The number of amides is 1. The zero-order valence-corrected chi connectivity index (χ0v) is 16.7. The molecule has 27 heavy (non-hydrogen) atoms.